The summed E-state index contributed by atoms with van der Waals surface area (Å²) in [6.07, 6.45) is 7.33. The maximum absolute atomic E-state index is 13.3. The van der Waals surface area contributed by atoms with Crippen molar-refractivity contribution in [2.75, 3.05) is 33.4 Å². The zero-order chi connectivity index (χ0) is 25.9. The van der Waals surface area contributed by atoms with Crippen molar-refractivity contribution < 1.29 is 24.2 Å². The van der Waals surface area contributed by atoms with Crippen LogP contribution in [0.2, 0.25) is 5.02 Å². The summed E-state index contributed by atoms with van der Waals surface area (Å²) in [5.74, 6) is 0.636. The molecule has 1 aliphatic heterocycles. The van der Waals surface area contributed by atoms with Gasteiger partial charge in [-0.25, -0.2) is 9.59 Å². The molecule has 9 heteroatoms. The molecule has 36 heavy (non-hydrogen) atoms. The summed E-state index contributed by atoms with van der Waals surface area (Å²) in [7, 11) is 1.32. The van der Waals surface area contributed by atoms with Crippen molar-refractivity contribution in [2.45, 2.75) is 76.5 Å². The fourth-order valence-electron chi connectivity index (χ4n) is 5.45. The first kappa shape index (κ1) is 28.5. The second kappa shape index (κ2) is 14.6. The number of carbonyl (C=O) groups excluding carboxylic acids is 2. The van der Waals surface area contributed by atoms with E-state index in [2.05, 4.69) is 15.4 Å². The maximum Gasteiger partial charge on any atom is 0.406 e. The van der Waals surface area contributed by atoms with Crippen LogP contribution in [0.25, 0.3) is 0 Å². The van der Waals surface area contributed by atoms with Crippen molar-refractivity contribution in [1.29, 1.82) is 0 Å². The van der Waals surface area contributed by atoms with Gasteiger partial charge in [0.25, 0.3) is 0 Å². The van der Waals surface area contributed by atoms with E-state index in [9.17, 15) is 14.7 Å². The van der Waals surface area contributed by atoms with Crippen molar-refractivity contribution >= 4 is 23.7 Å². The van der Waals surface area contributed by atoms with Gasteiger partial charge in [-0.1, -0.05) is 55.8 Å². The number of aliphatic hydroxyl groups is 1. The Balaban J connectivity index is 1.63. The lowest BCUT2D eigenvalue weighted by molar-refractivity contribution is -0.00899. The van der Waals surface area contributed by atoms with Gasteiger partial charge in [0.2, 0.25) is 0 Å². The highest BCUT2D eigenvalue weighted by Crippen LogP contribution is 2.34. The van der Waals surface area contributed by atoms with Crippen LogP contribution in [0.1, 0.15) is 70.0 Å². The second-order valence-corrected chi connectivity index (χ2v) is 10.6. The number of halogens is 1. The minimum Gasteiger partial charge on any atom is -0.453 e. The lowest BCUT2D eigenvalue weighted by Gasteiger charge is -2.38. The SMILES string of the molecule is COC(=O)NCCOC(c1cccc(Cl)c1)C1CCCN(C(=O)NC(CC2CCCCC2)C(C)O)C1. The largest absolute Gasteiger partial charge is 0.453 e. The van der Waals surface area contributed by atoms with Gasteiger partial charge in [0.05, 0.1) is 32.0 Å². The molecule has 4 atom stereocenters. The number of benzene rings is 1. The lowest BCUT2D eigenvalue weighted by Crippen LogP contribution is -2.52. The topological polar surface area (TPSA) is 100 Å². The number of ether oxygens (including phenoxy) is 2. The smallest absolute Gasteiger partial charge is 0.406 e. The summed E-state index contributed by atoms with van der Waals surface area (Å²) < 4.78 is 10.9. The Morgan fingerprint density at radius 1 is 1.19 bits per heavy atom. The van der Waals surface area contributed by atoms with Gasteiger partial charge in [-0.05, 0) is 49.8 Å². The number of rotatable bonds is 10. The molecule has 1 heterocycles. The van der Waals surface area contributed by atoms with E-state index in [0.29, 0.717) is 37.2 Å². The number of hydrogen-bond acceptors (Lipinski definition) is 5. The minimum absolute atomic E-state index is 0.0736. The summed E-state index contributed by atoms with van der Waals surface area (Å²) in [4.78, 5) is 26.5. The molecule has 3 rings (SSSR count). The average Bonchev–Trinajstić information content (AvgIpc) is 2.88. The predicted octanol–water partition coefficient (Wildman–Crippen LogP) is 4.90. The monoisotopic (exact) mass is 523 g/mol. The first-order chi connectivity index (χ1) is 17.4. The van der Waals surface area contributed by atoms with Gasteiger partial charge in [-0.15, -0.1) is 0 Å². The Labute approximate surface area is 220 Å². The quantitative estimate of drug-likeness (QED) is 0.379. The number of piperidine rings is 1. The predicted molar refractivity (Wildman–Crippen MR) is 140 cm³/mol. The number of hydrogen-bond donors (Lipinski definition) is 3. The van der Waals surface area contributed by atoms with Crippen LogP contribution in [0.4, 0.5) is 9.59 Å². The van der Waals surface area contributed by atoms with Crippen molar-refractivity contribution in [2.24, 2.45) is 11.8 Å². The summed E-state index contributed by atoms with van der Waals surface area (Å²) in [6.45, 7) is 3.60. The van der Waals surface area contributed by atoms with Gasteiger partial charge >= 0.3 is 12.1 Å². The summed E-state index contributed by atoms with van der Waals surface area (Å²) in [6, 6.07) is 7.23. The Morgan fingerprint density at radius 3 is 2.67 bits per heavy atom. The van der Waals surface area contributed by atoms with Crippen LogP contribution in [0.5, 0.6) is 0 Å². The number of alkyl carbamates (subject to hydrolysis) is 1. The molecule has 1 aromatic rings. The summed E-state index contributed by atoms with van der Waals surface area (Å²) in [5.41, 5.74) is 0.951. The Hall–Kier alpha value is -2.03. The Bertz CT molecular complexity index is 833. The average molecular weight is 524 g/mol. The van der Waals surface area contributed by atoms with Crippen molar-refractivity contribution in [1.82, 2.24) is 15.5 Å². The van der Waals surface area contributed by atoms with Crippen LogP contribution in [-0.4, -0.2) is 67.6 Å². The number of nitrogens with zero attached hydrogens (tertiary/aromatic N) is 1. The molecule has 0 aromatic heterocycles. The Morgan fingerprint density at radius 2 is 1.97 bits per heavy atom. The van der Waals surface area contributed by atoms with Crippen LogP contribution in [0.3, 0.4) is 0 Å². The minimum atomic E-state index is -0.596. The van der Waals surface area contributed by atoms with Crippen LogP contribution in [0, 0.1) is 11.8 Å². The highest BCUT2D eigenvalue weighted by molar-refractivity contribution is 6.30. The van der Waals surface area contributed by atoms with Gasteiger partial charge in [0.1, 0.15) is 0 Å². The lowest BCUT2D eigenvalue weighted by atomic mass is 9.84. The van der Waals surface area contributed by atoms with E-state index in [1.54, 1.807) is 6.92 Å². The first-order valence-corrected chi connectivity index (χ1v) is 13.7. The number of nitrogens with one attached hydrogen (secondary N) is 2. The van der Waals surface area contributed by atoms with Gasteiger partial charge < -0.3 is 30.1 Å². The van der Waals surface area contributed by atoms with Crippen LogP contribution >= 0.6 is 11.6 Å². The number of carbonyl (C=O) groups is 2. The molecule has 2 fully saturated rings. The third-order valence-corrected chi connectivity index (χ3v) is 7.64. The molecule has 1 aromatic carbocycles. The molecular formula is C27H42ClN3O5. The zero-order valence-electron chi connectivity index (χ0n) is 21.6. The fraction of sp³-hybridized carbons (Fsp3) is 0.704. The third kappa shape index (κ3) is 8.82. The Kier molecular flexibility index (Phi) is 11.6. The van der Waals surface area contributed by atoms with Gasteiger partial charge in [0.15, 0.2) is 0 Å². The summed E-state index contributed by atoms with van der Waals surface area (Å²) in [5, 5.41) is 16.8. The fourth-order valence-corrected chi connectivity index (χ4v) is 5.65. The zero-order valence-corrected chi connectivity index (χ0v) is 22.3. The van der Waals surface area contributed by atoms with Gasteiger partial charge in [-0.2, -0.15) is 0 Å². The second-order valence-electron chi connectivity index (χ2n) is 10.1. The third-order valence-electron chi connectivity index (χ3n) is 7.41. The molecule has 202 valence electrons. The molecule has 1 aliphatic carbocycles. The van der Waals surface area contributed by atoms with E-state index in [-0.39, 0.29) is 24.1 Å². The number of likely N-dealkylation sites (tertiary alicyclic amines) is 1. The molecule has 8 nitrogen and oxygen atoms in total. The van der Waals surface area contributed by atoms with E-state index in [0.717, 1.165) is 24.8 Å². The normalized spacial score (nSPS) is 21.3. The molecule has 1 saturated heterocycles. The highest BCUT2D eigenvalue weighted by atomic mass is 35.5. The van der Waals surface area contributed by atoms with Crippen molar-refractivity contribution in [3.05, 3.63) is 34.9 Å². The van der Waals surface area contributed by atoms with Crippen LogP contribution in [0.15, 0.2) is 24.3 Å². The molecule has 0 bridgehead atoms. The molecule has 3 amide bonds. The number of aliphatic hydroxyl groups excluding tert-OH is 1. The van der Waals surface area contributed by atoms with E-state index < -0.39 is 12.2 Å². The number of urea groups is 1. The van der Waals surface area contributed by atoms with Crippen molar-refractivity contribution in [3.8, 4) is 0 Å². The molecule has 3 N–H and O–H groups in total. The van der Waals surface area contributed by atoms with E-state index in [4.69, 9.17) is 16.3 Å². The molecule has 0 radical (unpaired) electrons. The van der Waals surface area contributed by atoms with E-state index >= 15 is 0 Å². The standard InChI is InChI=1S/C27H42ClN3O5/c1-19(32)24(16-20-8-4-3-5-9-20)30-26(33)31-14-7-11-22(18-31)25(21-10-6-12-23(28)17-21)36-15-13-29-27(34)35-2/h6,10,12,17,19-20,22,24-25,32H,3-5,7-9,11,13-16,18H2,1-2H3,(H,29,34)(H,30,33). The number of amides is 3. The summed E-state index contributed by atoms with van der Waals surface area (Å²) >= 11 is 6.27. The molecular weight excluding hydrogens is 482 g/mol. The number of methoxy groups -OCH3 is 1. The molecule has 4 unspecified atom stereocenters. The molecule has 2 aliphatic rings. The highest BCUT2D eigenvalue weighted by Gasteiger charge is 2.33. The molecule has 0 spiro atoms. The van der Waals surface area contributed by atoms with Crippen LogP contribution in [-0.2, 0) is 9.47 Å². The van der Waals surface area contributed by atoms with E-state index in [1.807, 2.05) is 29.2 Å². The first-order valence-electron chi connectivity index (χ1n) is 13.3. The maximum atomic E-state index is 13.3. The molecule has 1 saturated carbocycles. The van der Waals surface area contributed by atoms with E-state index in [1.165, 1.54) is 39.2 Å². The van der Waals surface area contributed by atoms with Crippen molar-refractivity contribution in [3.63, 3.8) is 0 Å². The van der Waals surface area contributed by atoms with Crippen LogP contribution < -0.4 is 10.6 Å². The van der Waals surface area contributed by atoms with Gasteiger partial charge in [-0.3, -0.25) is 0 Å². The van der Waals surface area contributed by atoms with Gasteiger partial charge in [0, 0.05) is 30.6 Å².